The number of nitrogens with zero attached hydrogens (tertiary/aromatic N) is 2. The molecule has 20 heavy (non-hydrogen) atoms. The van der Waals surface area contributed by atoms with Gasteiger partial charge in [-0.15, -0.1) is 0 Å². The number of hydrogen-bond donors (Lipinski definition) is 2. The Hall–Kier alpha value is -1.47. The van der Waals surface area contributed by atoms with Gasteiger partial charge in [0.25, 0.3) is 0 Å². The third-order valence-corrected chi connectivity index (χ3v) is 3.81. The van der Waals surface area contributed by atoms with Crippen molar-refractivity contribution in [2.75, 3.05) is 6.54 Å². The van der Waals surface area contributed by atoms with E-state index in [4.69, 9.17) is 10.9 Å². The molecule has 0 spiro atoms. The maximum absolute atomic E-state index is 12.6. The van der Waals surface area contributed by atoms with Crippen LogP contribution in [0.1, 0.15) is 39.5 Å². The number of hydrogen-bond acceptors (Lipinski definition) is 3. The Bertz CT molecular complexity index is 388. The molecule has 1 fully saturated rings. The predicted molar refractivity (Wildman–Crippen MR) is 67.2 cm³/mol. The molecule has 1 rings (SSSR count). The molecule has 0 heterocycles. The number of oxime groups is 1. The molecule has 1 amide bonds. The van der Waals surface area contributed by atoms with E-state index in [1.54, 1.807) is 13.8 Å². The average molecular weight is 295 g/mol. The van der Waals surface area contributed by atoms with Gasteiger partial charge >= 0.3 is 6.18 Å². The monoisotopic (exact) mass is 295 g/mol. The molecular weight excluding hydrogens is 275 g/mol. The molecule has 0 radical (unpaired) electrons. The number of carbonyl (C=O) groups excluding carboxylic acids is 1. The first-order valence-corrected chi connectivity index (χ1v) is 6.57. The van der Waals surface area contributed by atoms with Gasteiger partial charge < -0.3 is 15.8 Å². The predicted octanol–water partition coefficient (Wildman–Crippen LogP) is 2.09. The fourth-order valence-electron chi connectivity index (χ4n) is 2.34. The Balaban J connectivity index is 3.08. The molecule has 0 bridgehead atoms. The number of alkyl halides is 3. The highest BCUT2D eigenvalue weighted by Crippen LogP contribution is 2.37. The number of halogens is 3. The average Bonchev–Trinajstić information content (AvgIpc) is 3.20. The third kappa shape index (κ3) is 3.34. The van der Waals surface area contributed by atoms with Crippen LogP contribution >= 0.6 is 0 Å². The van der Waals surface area contributed by atoms with Gasteiger partial charge in [-0.2, -0.15) is 13.2 Å². The van der Waals surface area contributed by atoms with Crippen molar-refractivity contribution in [2.24, 2.45) is 16.3 Å². The van der Waals surface area contributed by atoms with Gasteiger partial charge in [-0.1, -0.05) is 19.0 Å². The molecule has 0 aliphatic heterocycles. The molecule has 0 aromatic rings. The summed E-state index contributed by atoms with van der Waals surface area (Å²) < 4.78 is 37.9. The van der Waals surface area contributed by atoms with E-state index in [0.29, 0.717) is 12.8 Å². The first-order valence-electron chi connectivity index (χ1n) is 6.57. The first-order chi connectivity index (χ1) is 9.21. The van der Waals surface area contributed by atoms with Crippen LogP contribution < -0.4 is 5.73 Å². The Morgan fingerprint density at radius 3 is 2.15 bits per heavy atom. The van der Waals surface area contributed by atoms with Crippen molar-refractivity contribution >= 4 is 11.7 Å². The molecule has 116 valence electrons. The van der Waals surface area contributed by atoms with Crippen LogP contribution in [0.15, 0.2) is 5.16 Å². The highest BCUT2D eigenvalue weighted by atomic mass is 19.4. The highest BCUT2D eigenvalue weighted by Gasteiger charge is 2.49. The summed E-state index contributed by atoms with van der Waals surface area (Å²) in [4.78, 5) is 13.4. The molecule has 0 unspecified atom stereocenters. The minimum absolute atomic E-state index is 0.180. The lowest BCUT2D eigenvalue weighted by Gasteiger charge is -2.35. The van der Waals surface area contributed by atoms with Crippen LogP contribution in [-0.2, 0) is 4.79 Å². The summed E-state index contributed by atoms with van der Waals surface area (Å²) in [6, 6.07) is -0.395. The fraction of sp³-hybridized carbons (Fsp3) is 0.833. The standard InChI is InChI=1S/C12H20F3N3O2/c1-3-11(4-2,9(16)17-20)10(19)18(8-5-6-8)7-12(13,14)15/h8,20H,3-7H2,1-2H3,(H2,16,17). The van der Waals surface area contributed by atoms with Crippen LogP contribution in [0.5, 0.6) is 0 Å². The second-order valence-electron chi connectivity index (χ2n) is 5.05. The van der Waals surface area contributed by atoms with E-state index in [2.05, 4.69) is 5.16 Å². The van der Waals surface area contributed by atoms with E-state index >= 15 is 0 Å². The molecule has 0 saturated heterocycles. The molecular formula is C12H20F3N3O2. The van der Waals surface area contributed by atoms with Crippen molar-refractivity contribution in [1.29, 1.82) is 0 Å². The Morgan fingerprint density at radius 1 is 1.35 bits per heavy atom. The molecule has 0 aromatic heterocycles. The van der Waals surface area contributed by atoms with Crippen LogP contribution in [0.4, 0.5) is 13.2 Å². The first kappa shape index (κ1) is 16.6. The van der Waals surface area contributed by atoms with Crippen molar-refractivity contribution in [3.05, 3.63) is 0 Å². The molecule has 8 heteroatoms. The molecule has 0 aromatic carbocycles. The minimum Gasteiger partial charge on any atom is -0.409 e. The Morgan fingerprint density at radius 2 is 1.85 bits per heavy atom. The largest absolute Gasteiger partial charge is 0.409 e. The number of nitrogens with two attached hydrogens (primary N) is 1. The second-order valence-corrected chi connectivity index (χ2v) is 5.05. The molecule has 1 aliphatic rings. The van der Waals surface area contributed by atoms with E-state index in [0.717, 1.165) is 4.90 Å². The van der Waals surface area contributed by atoms with Crippen molar-refractivity contribution in [1.82, 2.24) is 4.90 Å². The molecule has 0 atom stereocenters. The number of rotatable bonds is 6. The maximum Gasteiger partial charge on any atom is 0.406 e. The lowest BCUT2D eigenvalue weighted by Crippen LogP contribution is -2.53. The van der Waals surface area contributed by atoms with E-state index in [9.17, 15) is 18.0 Å². The van der Waals surface area contributed by atoms with E-state index in [-0.39, 0.29) is 18.7 Å². The Labute approximate surface area is 115 Å². The zero-order valence-electron chi connectivity index (χ0n) is 11.6. The van der Waals surface area contributed by atoms with Gasteiger partial charge in [0.1, 0.15) is 12.0 Å². The van der Waals surface area contributed by atoms with E-state index in [1.165, 1.54) is 0 Å². The molecule has 5 nitrogen and oxygen atoms in total. The van der Waals surface area contributed by atoms with Crippen LogP contribution in [0.2, 0.25) is 0 Å². The van der Waals surface area contributed by atoms with Crippen LogP contribution in [-0.4, -0.2) is 40.6 Å². The summed E-state index contributed by atoms with van der Waals surface area (Å²) in [5.41, 5.74) is 4.20. The number of carbonyl (C=O) groups is 1. The summed E-state index contributed by atoms with van der Waals surface area (Å²) in [5.74, 6) is -1.04. The summed E-state index contributed by atoms with van der Waals surface area (Å²) in [5, 5.41) is 11.7. The normalized spacial score (nSPS) is 17.1. The summed E-state index contributed by atoms with van der Waals surface area (Å²) in [6.07, 6.45) is -2.99. The van der Waals surface area contributed by atoms with Gasteiger partial charge in [0.15, 0.2) is 5.84 Å². The van der Waals surface area contributed by atoms with Crippen molar-refractivity contribution in [2.45, 2.75) is 51.7 Å². The molecule has 3 N–H and O–H groups in total. The summed E-state index contributed by atoms with van der Waals surface area (Å²) in [6.45, 7) is 1.98. The smallest absolute Gasteiger partial charge is 0.406 e. The van der Waals surface area contributed by atoms with Crippen molar-refractivity contribution in [3.63, 3.8) is 0 Å². The number of amides is 1. The Kier molecular flexibility index (Phi) is 4.88. The zero-order chi connectivity index (χ0) is 15.6. The quantitative estimate of drug-likeness (QED) is 0.341. The van der Waals surface area contributed by atoms with Crippen LogP contribution in [0, 0.1) is 5.41 Å². The SMILES string of the molecule is CCC(CC)(C(=O)N(CC(F)(F)F)C1CC1)C(N)=NO. The second kappa shape index (κ2) is 5.88. The molecule has 1 saturated carbocycles. The summed E-state index contributed by atoms with van der Waals surface area (Å²) >= 11 is 0. The summed E-state index contributed by atoms with van der Waals surface area (Å²) in [7, 11) is 0. The molecule has 1 aliphatic carbocycles. The van der Waals surface area contributed by atoms with E-state index < -0.39 is 30.1 Å². The van der Waals surface area contributed by atoms with Gasteiger partial charge in [-0.3, -0.25) is 4.79 Å². The van der Waals surface area contributed by atoms with Gasteiger partial charge in [-0.05, 0) is 25.7 Å². The number of amidine groups is 1. The fourth-order valence-corrected chi connectivity index (χ4v) is 2.34. The van der Waals surface area contributed by atoms with Crippen LogP contribution in [0.25, 0.3) is 0 Å². The van der Waals surface area contributed by atoms with Gasteiger partial charge in [0, 0.05) is 6.04 Å². The van der Waals surface area contributed by atoms with Crippen molar-refractivity contribution < 1.29 is 23.2 Å². The van der Waals surface area contributed by atoms with Gasteiger partial charge in [0.05, 0.1) is 0 Å². The maximum atomic E-state index is 12.6. The topological polar surface area (TPSA) is 78.9 Å². The van der Waals surface area contributed by atoms with Crippen molar-refractivity contribution in [3.8, 4) is 0 Å². The highest BCUT2D eigenvalue weighted by molar-refractivity contribution is 6.06. The lowest BCUT2D eigenvalue weighted by atomic mass is 9.79. The van der Waals surface area contributed by atoms with Gasteiger partial charge in [-0.25, -0.2) is 0 Å². The van der Waals surface area contributed by atoms with E-state index in [1.807, 2.05) is 0 Å². The third-order valence-electron chi connectivity index (χ3n) is 3.81. The van der Waals surface area contributed by atoms with Crippen LogP contribution in [0.3, 0.4) is 0 Å². The lowest BCUT2D eigenvalue weighted by molar-refractivity contribution is -0.167. The zero-order valence-corrected chi connectivity index (χ0v) is 11.6. The minimum atomic E-state index is -4.46. The van der Waals surface area contributed by atoms with Gasteiger partial charge in [0.2, 0.25) is 5.91 Å².